The first kappa shape index (κ1) is 17.1. The van der Waals surface area contributed by atoms with Crippen molar-refractivity contribution >= 4 is 17.6 Å². The van der Waals surface area contributed by atoms with Gasteiger partial charge in [0.2, 0.25) is 0 Å². The molecule has 0 bridgehead atoms. The predicted octanol–water partition coefficient (Wildman–Crippen LogP) is 1.16. The lowest BCUT2D eigenvalue weighted by Gasteiger charge is -2.10. The average molecular weight is 333 g/mol. The van der Waals surface area contributed by atoms with Crippen LogP contribution in [0, 0.1) is 10.1 Å². The van der Waals surface area contributed by atoms with Gasteiger partial charge in [-0.05, 0) is 19.4 Å². The molecule has 0 aliphatic heterocycles. The number of benzene rings is 1. The summed E-state index contributed by atoms with van der Waals surface area (Å²) in [6.07, 6.45) is 1.58. The van der Waals surface area contributed by atoms with Crippen molar-refractivity contribution in [3.8, 4) is 5.69 Å². The number of hydrogen-bond donors (Lipinski definition) is 2. The van der Waals surface area contributed by atoms with E-state index in [1.807, 2.05) is 0 Å². The van der Waals surface area contributed by atoms with Crippen molar-refractivity contribution in [2.24, 2.45) is 0 Å². The van der Waals surface area contributed by atoms with Crippen molar-refractivity contribution in [1.29, 1.82) is 0 Å². The van der Waals surface area contributed by atoms with Gasteiger partial charge in [-0.1, -0.05) is 11.3 Å². The minimum absolute atomic E-state index is 0.0312. The number of nitro groups is 1. The average Bonchev–Trinajstić information content (AvgIpc) is 3.03. The van der Waals surface area contributed by atoms with E-state index in [1.54, 1.807) is 13.0 Å². The third-order valence-electron chi connectivity index (χ3n) is 3.20. The fraction of sp³-hybridized carbons (Fsp3) is 0.286. The van der Waals surface area contributed by atoms with E-state index in [1.165, 1.54) is 29.1 Å². The fourth-order valence-electron chi connectivity index (χ4n) is 1.95. The van der Waals surface area contributed by atoms with Crippen LogP contribution in [-0.4, -0.2) is 42.9 Å². The largest absolute Gasteiger partial charge is 0.481 e. The molecule has 0 aliphatic rings. The first-order valence-corrected chi connectivity index (χ1v) is 7.06. The maximum Gasteiger partial charge on any atom is 0.303 e. The van der Waals surface area contributed by atoms with Gasteiger partial charge in [-0.2, -0.15) is 0 Å². The second-order valence-corrected chi connectivity index (χ2v) is 5.13. The number of nitro benzene ring substituents is 1. The van der Waals surface area contributed by atoms with Gasteiger partial charge < -0.3 is 10.4 Å². The molecule has 2 N–H and O–H groups in total. The minimum atomic E-state index is -0.937. The fourth-order valence-corrected chi connectivity index (χ4v) is 1.95. The van der Waals surface area contributed by atoms with Crippen LogP contribution in [0.3, 0.4) is 0 Å². The number of nitrogens with zero attached hydrogens (tertiary/aromatic N) is 4. The molecule has 2 rings (SSSR count). The van der Waals surface area contributed by atoms with Crippen LogP contribution in [0.15, 0.2) is 30.5 Å². The maximum absolute atomic E-state index is 12.0. The summed E-state index contributed by atoms with van der Waals surface area (Å²) in [7, 11) is 0. The number of hydrogen-bond acceptors (Lipinski definition) is 6. The van der Waals surface area contributed by atoms with Crippen molar-refractivity contribution in [2.75, 3.05) is 0 Å². The SMILES string of the molecule is CC(CCC(=O)O)NC(=O)c1cn(-c2cccc([N+](=O)[O-])c2)nn1. The van der Waals surface area contributed by atoms with Crippen LogP contribution in [-0.2, 0) is 4.79 Å². The Labute approximate surface area is 136 Å². The van der Waals surface area contributed by atoms with Crippen LogP contribution >= 0.6 is 0 Å². The standard InChI is InChI=1S/C14H15N5O5/c1-9(5-6-13(20)21)15-14(22)12-8-18(17-16-12)10-3-2-4-11(7-10)19(23)24/h2-4,7-9H,5-6H2,1H3,(H,15,22)(H,20,21). The molecule has 10 heteroatoms. The first-order chi connectivity index (χ1) is 11.4. The molecule has 126 valence electrons. The Bertz CT molecular complexity index is 772. The minimum Gasteiger partial charge on any atom is -0.481 e. The zero-order valence-electron chi connectivity index (χ0n) is 12.7. The van der Waals surface area contributed by atoms with Gasteiger partial charge in [-0.25, -0.2) is 4.68 Å². The van der Waals surface area contributed by atoms with E-state index in [2.05, 4.69) is 15.6 Å². The molecule has 0 aliphatic carbocycles. The highest BCUT2D eigenvalue weighted by Gasteiger charge is 2.15. The zero-order chi connectivity index (χ0) is 17.7. The van der Waals surface area contributed by atoms with E-state index in [4.69, 9.17) is 5.11 Å². The lowest BCUT2D eigenvalue weighted by molar-refractivity contribution is -0.384. The second kappa shape index (κ2) is 7.31. The Kier molecular flexibility index (Phi) is 5.20. The summed E-state index contributed by atoms with van der Waals surface area (Å²) in [5.74, 6) is -1.43. The van der Waals surface area contributed by atoms with Gasteiger partial charge in [-0.15, -0.1) is 5.10 Å². The van der Waals surface area contributed by atoms with Crippen molar-refractivity contribution in [1.82, 2.24) is 20.3 Å². The molecule has 0 fully saturated rings. The number of carboxylic acids is 1. The Morgan fingerprint density at radius 2 is 2.21 bits per heavy atom. The third-order valence-corrected chi connectivity index (χ3v) is 3.20. The van der Waals surface area contributed by atoms with Gasteiger partial charge >= 0.3 is 5.97 Å². The molecule has 24 heavy (non-hydrogen) atoms. The zero-order valence-corrected chi connectivity index (χ0v) is 12.7. The molecular formula is C14H15N5O5. The van der Waals surface area contributed by atoms with Gasteiger partial charge in [0.05, 0.1) is 16.8 Å². The van der Waals surface area contributed by atoms with Gasteiger partial charge in [0, 0.05) is 24.6 Å². The topological polar surface area (TPSA) is 140 Å². The summed E-state index contributed by atoms with van der Waals surface area (Å²) in [6.45, 7) is 1.69. The smallest absolute Gasteiger partial charge is 0.303 e. The molecule has 1 aromatic heterocycles. The highest BCUT2D eigenvalue weighted by atomic mass is 16.6. The van der Waals surface area contributed by atoms with Crippen LogP contribution in [0.25, 0.3) is 5.69 Å². The van der Waals surface area contributed by atoms with Gasteiger partial charge in [-0.3, -0.25) is 19.7 Å². The summed E-state index contributed by atoms with van der Waals surface area (Å²) in [6, 6.07) is 5.42. The van der Waals surface area contributed by atoms with Crippen LogP contribution in [0.5, 0.6) is 0 Å². The lowest BCUT2D eigenvalue weighted by atomic mass is 10.2. The molecule has 1 unspecified atom stereocenters. The lowest BCUT2D eigenvalue weighted by Crippen LogP contribution is -2.33. The number of rotatable bonds is 7. The number of nitrogens with one attached hydrogen (secondary N) is 1. The molecule has 1 atom stereocenters. The first-order valence-electron chi connectivity index (χ1n) is 7.06. The number of carbonyl (C=O) groups excluding carboxylic acids is 1. The second-order valence-electron chi connectivity index (χ2n) is 5.13. The van der Waals surface area contributed by atoms with Gasteiger partial charge in [0.1, 0.15) is 0 Å². The molecule has 2 aromatic rings. The molecule has 1 amide bonds. The Hall–Kier alpha value is -3.30. The molecule has 0 saturated heterocycles. The van der Waals surface area contributed by atoms with E-state index >= 15 is 0 Å². The quantitative estimate of drug-likeness (QED) is 0.572. The molecular weight excluding hydrogens is 318 g/mol. The summed E-state index contributed by atoms with van der Waals surface area (Å²) in [5, 5.41) is 29.5. The number of carbonyl (C=O) groups is 2. The van der Waals surface area contributed by atoms with E-state index in [9.17, 15) is 19.7 Å². The number of aliphatic carboxylic acids is 1. The van der Waals surface area contributed by atoms with Crippen molar-refractivity contribution in [3.05, 3.63) is 46.3 Å². The highest BCUT2D eigenvalue weighted by molar-refractivity contribution is 5.92. The Morgan fingerprint density at radius 1 is 1.46 bits per heavy atom. The van der Waals surface area contributed by atoms with Crippen molar-refractivity contribution < 1.29 is 19.6 Å². The number of amides is 1. The normalized spacial score (nSPS) is 11.7. The van der Waals surface area contributed by atoms with Gasteiger partial charge in [0.25, 0.3) is 11.6 Å². The molecule has 10 nitrogen and oxygen atoms in total. The molecule has 1 heterocycles. The summed E-state index contributed by atoms with van der Waals surface area (Å²) in [4.78, 5) is 32.8. The van der Waals surface area contributed by atoms with Crippen LogP contribution in [0.4, 0.5) is 5.69 Å². The highest BCUT2D eigenvalue weighted by Crippen LogP contribution is 2.16. The van der Waals surface area contributed by atoms with E-state index < -0.39 is 16.8 Å². The molecule has 0 spiro atoms. The maximum atomic E-state index is 12.0. The van der Waals surface area contributed by atoms with Crippen LogP contribution in [0.1, 0.15) is 30.3 Å². The van der Waals surface area contributed by atoms with Crippen molar-refractivity contribution in [3.63, 3.8) is 0 Å². The monoisotopic (exact) mass is 333 g/mol. The van der Waals surface area contributed by atoms with Crippen LogP contribution < -0.4 is 5.32 Å². The molecule has 1 aromatic carbocycles. The number of carboxylic acid groups (broad SMARTS) is 1. The van der Waals surface area contributed by atoms with E-state index in [-0.39, 0.29) is 23.8 Å². The molecule has 0 saturated carbocycles. The Morgan fingerprint density at radius 3 is 2.88 bits per heavy atom. The van der Waals surface area contributed by atoms with E-state index in [0.29, 0.717) is 12.1 Å². The van der Waals surface area contributed by atoms with Crippen LogP contribution in [0.2, 0.25) is 0 Å². The van der Waals surface area contributed by atoms with Gasteiger partial charge in [0.15, 0.2) is 5.69 Å². The molecule has 0 radical (unpaired) electrons. The third kappa shape index (κ3) is 4.35. The summed E-state index contributed by atoms with van der Waals surface area (Å²) < 4.78 is 1.25. The number of aromatic nitrogens is 3. The Balaban J connectivity index is 2.07. The number of non-ortho nitro benzene ring substituents is 1. The van der Waals surface area contributed by atoms with E-state index in [0.717, 1.165) is 0 Å². The van der Waals surface area contributed by atoms with Crippen molar-refractivity contribution in [2.45, 2.75) is 25.8 Å². The predicted molar refractivity (Wildman–Crippen MR) is 81.8 cm³/mol. The summed E-state index contributed by atoms with van der Waals surface area (Å²) >= 11 is 0. The summed E-state index contributed by atoms with van der Waals surface area (Å²) in [5.41, 5.74) is 0.328.